The maximum atomic E-state index is 12.8. The van der Waals surface area contributed by atoms with E-state index < -0.39 is 23.8 Å². The van der Waals surface area contributed by atoms with E-state index >= 15 is 0 Å². The molecule has 1 rings (SSSR count). The molecule has 0 saturated carbocycles. The highest BCUT2D eigenvalue weighted by Gasteiger charge is 2.38. The van der Waals surface area contributed by atoms with Crippen molar-refractivity contribution in [3.05, 3.63) is 30.0 Å². The van der Waals surface area contributed by atoms with E-state index in [1.807, 2.05) is 0 Å². The number of nitrogens with zero attached hydrogens (tertiary/aromatic N) is 3. The molecule has 0 fully saturated rings. The summed E-state index contributed by atoms with van der Waals surface area (Å²) in [5.74, 6) is -1.56. The van der Waals surface area contributed by atoms with Crippen molar-refractivity contribution in [1.29, 1.82) is 0 Å². The SMILES string of the molecule is CC(C)n1c(C(=O)/C=C/N(C)C)cnc1C(F)(F)F. The highest BCUT2D eigenvalue weighted by Crippen LogP contribution is 2.31. The minimum absolute atomic E-state index is 0.0691. The number of carbonyl (C=O) groups excluding carboxylic acids is 1. The van der Waals surface area contributed by atoms with E-state index in [9.17, 15) is 18.0 Å². The van der Waals surface area contributed by atoms with Gasteiger partial charge in [-0.1, -0.05) is 0 Å². The summed E-state index contributed by atoms with van der Waals surface area (Å²) < 4.78 is 39.2. The Balaban J connectivity index is 3.23. The number of carbonyl (C=O) groups is 1. The van der Waals surface area contributed by atoms with Crippen molar-refractivity contribution in [2.45, 2.75) is 26.1 Å². The van der Waals surface area contributed by atoms with E-state index in [-0.39, 0.29) is 5.69 Å². The fourth-order valence-corrected chi connectivity index (χ4v) is 1.58. The Kier molecular flexibility index (Phi) is 4.39. The van der Waals surface area contributed by atoms with Gasteiger partial charge in [0.15, 0.2) is 0 Å². The van der Waals surface area contributed by atoms with Crippen LogP contribution in [0.4, 0.5) is 13.2 Å². The van der Waals surface area contributed by atoms with Gasteiger partial charge in [0.25, 0.3) is 0 Å². The van der Waals surface area contributed by atoms with Crippen LogP contribution in [-0.2, 0) is 6.18 Å². The third-order valence-electron chi connectivity index (χ3n) is 2.34. The van der Waals surface area contributed by atoms with Crippen molar-refractivity contribution in [3.63, 3.8) is 0 Å². The first-order chi connectivity index (χ1) is 8.64. The largest absolute Gasteiger partial charge is 0.449 e. The molecule has 0 spiro atoms. The van der Waals surface area contributed by atoms with Crippen LogP contribution in [0.1, 0.15) is 36.2 Å². The fourth-order valence-electron chi connectivity index (χ4n) is 1.58. The van der Waals surface area contributed by atoms with Crippen molar-refractivity contribution >= 4 is 5.78 Å². The number of rotatable bonds is 4. The molecule has 0 amide bonds. The molecule has 7 heteroatoms. The highest BCUT2D eigenvalue weighted by atomic mass is 19.4. The van der Waals surface area contributed by atoms with Gasteiger partial charge in [-0.3, -0.25) is 4.79 Å². The quantitative estimate of drug-likeness (QED) is 0.626. The Morgan fingerprint density at radius 1 is 1.42 bits per heavy atom. The zero-order valence-corrected chi connectivity index (χ0v) is 11.2. The summed E-state index contributed by atoms with van der Waals surface area (Å²) in [5.41, 5.74) is -0.0691. The van der Waals surface area contributed by atoms with Gasteiger partial charge in [0.05, 0.1) is 6.20 Å². The van der Waals surface area contributed by atoms with Crippen LogP contribution in [0.5, 0.6) is 0 Å². The van der Waals surface area contributed by atoms with E-state index in [4.69, 9.17) is 0 Å². The Morgan fingerprint density at radius 2 is 2.00 bits per heavy atom. The lowest BCUT2D eigenvalue weighted by molar-refractivity contribution is -0.147. The zero-order valence-electron chi connectivity index (χ0n) is 11.2. The van der Waals surface area contributed by atoms with E-state index in [1.165, 1.54) is 12.3 Å². The van der Waals surface area contributed by atoms with Crippen LogP contribution in [0, 0.1) is 0 Å². The maximum Gasteiger partial charge on any atom is 0.449 e. The van der Waals surface area contributed by atoms with E-state index in [0.717, 1.165) is 10.8 Å². The molecule has 0 aliphatic carbocycles. The first-order valence-electron chi connectivity index (χ1n) is 5.68. The van der Waals surface area contributed by atoms with Crippen molar-refractivity contribution < 1.29 is 18.0 Å². The van der Waals surface area contributed by atoms with Gasteiger partial charge < -0.3 is 9.47 Å². The number of halogens is 3. The number of aromatic nitrogens is 2. The fraction of sp³-hybridized carbons (Fsp3) is 0.500. The average molecular weight is 275 g/mol. The molecular weight excluding hydrogens is 259 g/mol. The van der Waals surface area contributed by atoms with Crippen LogP contribution in [0.3, 0.4) is 0 Å². The van der Waals surface area contributed by atoms with Crippen LogP contribution in [0.15, 0.2) is 18.5 Å². The molecular formula is C12H16F3N3O. The molecule has 4 nitrogen and oxygen atoms in total. The highest BCUT2D eigenvalue weighted by molar-refractivity contribution is 6.03. The summed E-state index contributed by atoms with van der Waals surface area (Å²) in [7, 11) is 3.43. The minimum atomic E-state index is -4.58. The molecule has 0 saturated heterocycles. The third kappa shape index (κ3) is 3.59. The molecule has 106 valence electrons. The third-order valence-corrected chi connectivity index (χ3v) is 2.34. The lowest BCUT2D eigenvalue weighted by Crippen LogP contribution is -2.19. The van der Waals surface area contributed by atoms with Crippen LogP contribution >= 0.6 is 0 Å². The predicted octanol–water partition coefficient (Wildman–Crippen LogP) is 2.74. The van der Waals surface area contributed by atoms with Crippen LogP contribution in [-0.4, -0.2) is 34.3 Å². The molecule has 0 atom stereocenters. The number of hydrogen-bond acceptors (Lipinski definition) is 3. The van der Waals surface area contributed by atoms with Gasteiger partial charge in [-0.15, -0.1) is 0 Å². The summed E-state index contributed by atoms with van der Waals surface area (Å²) in [5, 5.41) is 0. The van der Waals surface area contributed by atoms with Gasteiger partial charge in [0.2, 0.25) is 11.6 Å². The number of hydrogen-bond donors (Lipinski definition) is 0. The summed E-state index contributed by atoms with van der Waals surface area (Å²) in [6.07, 6.45) is -0.914. The lowest BCUT2D eigenvalue weighted by atomic mass is 10.2. The van der Waals surface area contributed by atoms with E-state index in [2.05, 4.69) is 4.98 Å². The second-order valence-corrected chi connectivity index (χ2v) is 4.57. The molecule has 0 aliphatic heterocycles. The molecule has 0 radical (unpaired) electrons. The maximum absolute atomic E-state index is 12.8. The molecule has 0 N–H and O–H groups in total. The van der Waals surface area contributed by atoms with Crippen molar-refractivity contribution in [1.82, 2.24) is 14.5 Å². The Hall–Kier alpha value is -1.79. The topological polar surface area (TPSA) is 38.1 Å². The number of alkyl halides is 3. The first kappa shape index (κ1) is 15.3. The van der Waals surface area contributed by atoms with Gasteiger partial charge in [-0.2, -0.15) is 13.2 Å². The van der Waals surface area contributed by atoms with Crippen LogP contribution < -0.4 is 0 Å². The second kappa shape index (κ2) is 5.46. The van der Waals surface area contributed by atoms with Gasteiger partial charge in [0, 0.05) is 32.4 Å². The second-order valence-electron chi connectivity index (χ2n) is 4.57. The predicted molar refractivity (Wildman–Crippen MR) is 64.8 cm³/mol. The van der Waals surface area contributed by atoms with Crippen molar-refractivity contribution in [3.8, 4) is 0 Å². The Labute approximate surface area is 109 Å². The normalized spacial score (nSPS) is 12.4. The summed E-state index contributed by atoms with van der Waals surface area (Å²) in [6, 6.07) is -0.508. The van der Waals surface area contributed by atoms with Crippen molar-refractivity contribution in [2.75, 3.05) is 14.1 Å². The van der Waals surface area contributed by atoms with Gasteiger partial charge in [-0.05, 0) is 13.8 Å². The first-order valence-corrected chi connectivity index (χ1v) is 5.68. The average Bonchev–Trinajstić information content (AvgIpc) is 2.69. The van der Waals surface area contributed by atoms with Gasteiger partial charge in [-0.25, -0.2) is 4.98 Å². The lowest BCUT2D eigenvalue weighted by Gasteiger charge is -2.16. The molecule has 19 heavy (non-hydrogen) atoms. The number of allylic oxidation sites excluding steroid dienone is 1. The molecule has 1 aromatic heterocycles. The Bertz CT molecular complexity index is 487. The summed E-state index contributed by atoms with van der Waals surface area (Å²) in [4.78, 5) is 16.8. The molecule has 1 aromatic rings. The molecule has 0 aromatic carbocycles. The van der Waals surface area contributed by atoms with Crippen LogP contribution in [0.25, 0.3) is 0 Å². The van der Waals surface area contributed by atoms with Crippen molar-refractivity contribution in [2.24, 2.45) is 0 Å². The van der Waals surface area contributed by atoms with E-state index in [1.54, 1.807) is 32.8 Å². The minimum Gasteiger partial charge on any atom is -0.383 e. The number of ketones is 1. The molecule has 1 heterocycles. The van der Waals surface area contributed by atoms with Gasteiger partial charge >= 0.3 is 6.18 Å². The smallest absolute Gasteiger partial charge is 0.383 e. The molecule has 0 unspecified atom stereocenters. The standard InChI is InChI=1S/C12H16F3N3O/c1-8(2)18-9(10(19)5-6-17(3)4)7-16-11(18)12(13,14)15/h5-8H,1-4H3/b6-5+. The summed E-state index contributed by atoms with van der Waals surface area (Å²) >= 11 is 0. The zero-order chi connectivity index (χ0) is 14.8. The van der Waals surface area contributed by atoms with E-state index in [0.29, 0.717) is 0 Å². The molecule has 0 aliphatic rings. The monoisotopic (exact) mass is 275 g/mol. The summed E-state index contributed by atoms with van der Waals surface area (Å²) in [6.45, 7) is 3.15. The van der Waals surface area contributed by atoms with Crippen LogP contribution in [0.2, 0.25) is 0 Å². The molecule has 0 bridgehead atoms. The Morgan fingerprint density at radius 3 is 2.42 bits per heavy atom. The van der Waals surface area contributed by atoms with Gasteiger partial charge in [0.1, 0.15) is 5.69 Å². The number of imidazole rings is 1.